The van der Waals surface area contributed by atoms with Gasteiger partial charge in [-0.3, -0.25) is 33.6 Å². The van der Waals surface area contributed by atoms with Crippen molar-refractivity contribution in [3.63, 3.8) is 0 Å². The van der Waals surface area contributed by atoms with Crippen LogP contribution in [-0.4, -0.2) is 94.0 Å². The number of carboxylic acids is 3. The predicted octanol–water partition coefficient (Wildman–Crippen LogP) is -5.18. The fraction of sp³-hybridized carbons (Fsp3) is 0.529. The largest absolute Gasteiger partial charge is 0.481 e. The monoisotopic (exact) mass is 490 g/mol. The summed E-state index contributed by atoms with van der Waals surface area (Å²) in [4.78, 5) is 90.9. The molecule has 0 radical (unpaired) electrons. The highest BCUT2D eigenvalue weighted by Gasteiger charge is 2.27. The van der Waals surface area contributed by atoms with Gasteiger partial charge in [0, 0.05) is 6.42 Å². The van der Waals surface area contributed by atoms with Gasteiger partial charge in [-0.15, -0.1) is 0 Å². The van der Waals surface area contributed by atoms with Crippen LogP contribution >= 0.6 is 0 Å². The SMILES string of the molecule is NC(=O)C[C@H](N)C(=O)N[C@@H](CC(=O)O)C(=O)NCC(=O)NCC(=O)N[C@@H](CCC(=O)O)C(=O)O. The molecule has 11 N–H and O–H groups in total. The molecule has 0 aromatic heterocycles. The van der Waals surface area contributed by atoms with Gasteiger partial charge in [0.2, 0.25) is 29.5 Å². The van der Waals surface area contributed by atoms with E-state index in [1.54, 1.807) is 0 Å². The zero-order valence-corrected chi connectivity index (χ0v) is 17.7. The highest BCUT2D eigenvalue weighted by molar-refractivity contribution is 5.95. The Labute approximate surface area is 191 Å². The van der Waals surface area contributed by atoms with Gasteiger partial charge in [-0.25, -0.2) is 4.79 Å². The van der Waals surface area contributed by atoms with Gasteiger partial charge < -0.3 is 48.1 Å². The summed E-state index contributed by atoms with van der Waals surface area (Å²) in [6.45, 7) is -1.45. The summed E-state index contributed by atoms with van der Waals surface area (Å²) in [6, 6.07) is -4.58. The van der Waals surface area contributed by atoms with E-state index in [2.05, 4.69) is 5.32 Å². The number of nitrogens with two attached hydrogens (primary N) is 2. The van der Waals surface area contributed by atoms with Crippen molar-refractivity contribution in [2.75, 3.05) is 13.1 Å². The average molecular weight is 490 g/mol. The number of nitrogens with one attached hydrogen (secondary N) is 4. The van der Waals surface area contributed by atoms with Gasteiger partial charge in [-0.2, -0.15) is 0 Å². The Balaban J connectivity index is 4.70. The summed E-state index contributed by atoms with van der Waals surface area (Å²) < 4.78 is 0. The smallest absolute Gasteiger partial charge is 0.326 e. The molecule has 0 heterocycles. The van der Waals surface area contributed by atoms with Gasteiger partial charge in [0.15, 0.2) is 0 Å². The molecule has 0 unspecified atom stereocenters. The Morgan fingerprint density at radius 1 is 0.706 bits per heavy atom. The molecule has 3 atom stereocenters. The van der Waals surface area contributed by atoms with Crippen molar-refractivity contribution >= 4 is 47.4 Å². The lowest BCUT2D eigenvalue weighted by Gasteiger charge is -2.19. The molecule has 34 heavy (non-hydrogen) atoms. The summed E-state index contributed by atoms with van der Waals surface area (Å²) in [5, 5.41) is 34.6. The van der Waals surface area contributed by atoms with Gasteiger partial charge in [-0.05, 0) is 6.42 Å². The second-order valence-corrected chi connectivity index (χ2v) is 6.82. The van der Waals surface area contributed by atoms with Crippen LogP contribution in [0.3, 0.4) is 0 Å². The summed E-state index contributed by atoms with van der Waals surface area (Å²) in [5.74, 6) is -9.10. The van der Waals surface area contributed by atoms with Gasteiger partial charge in [0.05, 0.1) is 32.0 Å². The third-order valence-electron chi connectivity index (χ3n) is 3.92. The van der Waals surface area contributed by atoms with Crippen LogP contribution in [0.4, 0.5) is 0 Å². The molecule has 0 bridgehead atoms. The molecular weight excluding hydrogens is 464 g/mol. The predicted molar refractivity (Wildman–Crippen MR) is 108 cm³/mol. The van der Waals surface area contributed by atoms with E-state index in [1.807, 2.05) is 16.0 Å². The van der Waals surface area contributed by atoms with Crippen LogP contribution in [0, 0.1) is 0 Å². The number of aliphatic carboxylic acids is 3. The Kier molecular flexibility index (Phi) is 12.9. The van der Waals surface area contributed by atoms with E-state index in [4.69, 9.17) is 26.8 Å². The number of hydrogen-bond donors (Lipinski definition) is 9. The van der Waals surface area contributed by atoms with E-state index in [1.165, 1.54) is 0 Å². The van der Waals surface area contributed by atoms with Crippen molar-refractivity contribution < 1.29 is 53.7 Å². The Hall–Kier alpha value is -4.28. The molecule has 0 fully saturated rings. The van der Waals surface area contributed by atoms with Crippen LogP contribution < -0.4 is 32.7 Å². The fourth-order valence-electron chi connectivity index (χ4n) is 2.27. The number of carbonyl (C=O) groups excluding carboxylic acids is 5. The number of hydrogen-bond acceptors (Lipinski definition) is 9. The highest BCUT2D eigenvalue weighted by atomic mass is 16.4. The van der Waals surface area contributed by atoms with Crippen molar-refractivity contribution in [1.29, 1.82) is 0 Å². The van der Waals surface area contributed by atoms with E-state index in [9.17, 15) is 38.4 Å². The minimum atomic E-state index is -1.65. The molecule has 0 saturated heterocycles. The lowest BCUT2D eigenvalue weighted by molar-refractivity contribution is -0.143. The average Bonchev–Trinajstić information content (AvgIpc) is 2.71. The number of rotatable bonds is 16. The van der Waals surface area contributed by atoms with E-state index in [0.29, 0.717) is 0 Å². The van der Waals surface area contributed by atoms with Crippen LogP contribution in [0.5, 0.6) is 0 Å². The molecule has 0 aliphatic heterocycles. The first kappa shape index (κ1) is 29.7. The summed E-state index contributed by atoms with van der Waals surface area (Å²) in [5.41, 5.74) is 10.3. The molecule has 17 nitrogen and oxygen atoms in total. The second-order valence-electron chi connectivity index (χ2n) is 6.82. The Bertz CT molecular complexity index is 831. The van der Waals surface area contributed by atoms with Gasteiger partial charge >= 0.3 is 17.9 Å². The number of amides is 5. The molecule has 0 aromatic carbocycles. The van der Waals surface area contributed by atoms with Crippen LogP contribution in [0.25, 0.3) is 0 Å². The van der Waals surface area contributed by atoms with E-state index >= 15 is 0 Å². The molecule has 0 rings (SSSR count). The van der Waals surface area contributed by atoms with E-state index < -0.39 is 97.9 Å². The highest BCUT2D eigenvalue weighted by Crippen LogP contribution is 1.98. The topological polar surface area (TPSA) is 297 Å². The van der Waals surface area contributed by atoms with Crippen molar-refractivity contribution in [2.24, 2.45) is 11.5 Å². The first-order chi connectivity index (χ1) is 15.7. The molecule has 0 aliphatic rings. The molecule has 0 saturated carbocycles. The molecule has 5 amide bonds. The second kappa shape index (κ2) is 14.7. The van der Waals surface area contributed by atoms with E-state index in [0.717, 1.165) is 0 Å². The summed E-state index contributed by atoms with van der Waals surface area (Å²) in [7, 11) is 0. The third-order valence-corrected chi connectivity index (χ3v) is 3.92. The maximum atomic E-state index is 12.2. The van der Waals surface area contributed by atoms with Gasteiger partial charge in [0.25, 0.3) is 0 Å². The maximum Gasteiger partial charge on any atom is 0.326 e. The Morgan fingerprint density at radius 3 is 1.79 bits per heavy atom. The van der Waals surface area contributed by atoms with E-state index in [-0.39, 0.29) is 6.42 Å². The van der Waals surface area contributed by atoms with Crippen LogP contribution in [0.15, 0.2) is 0 Å². The van der Waals surface area contributed by atoms with Crippen LogP contribution in [0.1, 0.15) is 25.7 Å². The Morgan fingerprint density at radius 2 is 1.29 bits per heavy atom. The van der Waals surface area contributed by atoms with Crippen molar-refractivity contribution in [3.8, 4) is 0 Å². The molecular formula is C17H26N6O11. The van der Waals surface area contributed by atoms with Crippen LogP contribution in [0.2, 0.25) is 0 Å². The maximum absolute atomic E-state index is 12.2. The first-order valence-corrected chi connectivity index (χ1v) is 9.57. The van der Waals surface area contributed by atoms with Crippen molar-refractivity contribution in [3.05, 3.63) is 0 Å². The van der Waals surface area contributed by atoms with Gasteiger partial charge in [-0.1, -0.05) is 0 Å². The zero-order valence-electron chi connectivity index (χ0n) is 17.7. The zero-order chi connectivity index (χ0) is 26.4. The third kappa shape index (κ3) is 13.2. The first-order valence-electron chi connectivity index (χ1n) is 9.57. The number of carbonyl (C=O) groups is 8. The summed E-state index contributed by atoms with van der Waals surface area (Å²) in [6.07, 6.45) is -2.34. The molecule has 0 spiro atoms. The normalized spacial score (nSPS) is 12.9. The lowest BCUT2D eigenvalue weighted by Crippen LogP contribution is -2.54. The number of primary amides is 1. The summed E-state index contributed by atoms with van der Waals surface area (Å²) >= 11 is 0. The van der Waals surface area contributed by atoms with Gasteiger partial charge in [0.1, 0.15) is 12.1 Å². The number of carboxylic acid groups (broad SMARTS) is 3. The molecule has 0 aromatic rings. The minimum absolute atomic E-state index is 0.389. The van der Waals surface area contributed by atoms with Crippen molar-refractivity contribution in [1.82, 2.24) is 21.3 Å². The van der Waals surface area contributed by atoms with Crippen molar-refractivity contribution in [2.45, 2.75) is 43.8 Å². The molecule has 0 aliphatic carbocycles. The molecule has 17 heteroatoms. The minimum Gasteiger partial charge on any atom is -0.481 e. The quantitative estimate of drug-likeness (QED) is 0.0980. The molecule has 190 valence electrons. The fourth-order valence-corrected chi connectivity index (χ4v) is 2.27. The lowest BCUT2D eigenvalue weighted by atomic mass is 10.1. The standard InChI is InChI=1S/C17H26N6O11/c18-7(3-10(19)24)15(31)23-9(4-14(29)30)16(32)21-5-11(25)20-6-12(26)22-8(17(33)34)1-2-13(27)28/h7-9H,1-6,18H2,(H2,19,24)(H,20,25)(H,21,32)(H,22,26)(H,23,31)(H,27,28)(H,29,30)(H,33,34)/t7-,8-,9-/m0/s1. The van der Waals surface area contributed by atoms with Crippen LogP contribution in [-0.2, 0) is 38.4 Å².